The van der Waals surface area contributed by atoms with E-state index < -0.39 is 0 Å². The van der Waals surface area contributed by atoms with Gasteiger partial charge >= 0.3 is 0 Å². The van der Waals surface area contributed by atoms with Gasteiger partial charge in [-0.15, -0.1) is 0 Å². The summed E-state index contributed by atoms with van der Waals surface area (Å²) in [5, 5.41) is 3.79. The minimum Gasteiger partial charge on any atom is -0.380 e. The van der Waals surface area contributed by atoms with Gasteiger partial charge in [-0.25, -0.2) is 0 Å². The molecule has 3 atom stereocenters. The van der Waals surface area contributed by atoms with Crippen LogP contribution in [-0.2, 0) is 0 Å². The third-order valence-corrected chi connectivity index (χ3v) is 4.92. The largest absolute Gasteiger partial charge is 0.380 e. The van der Waals surface area contributed by atoms with Gasteiger partial charge in [-0.2, -0.15) is 0 Å². The molecule has 0 aromatic heterocycles. The zero-order valence-electron chi connectivity index (χ0n) is 10.2. The standard InChI is InChI=1S/C15H20N2/c1-2-6-13-11(5-1)12-8-10-17-9-4-3-7-14(17)15(12)16-13/h1-2,5-6,12,14-16H,3-4,7-10H2/t12?,14-,15?/m1/s1. The quantitative estimate of drug-likeness (QED) is 0.734. The van der Waals surface area contributed by atoms with Gasteiger partial charge in [0.05, 0.1) is 0 Å². The highest BCUT2D eigenvalue weighted by Gasteiger charge is 2.43. The van der Waals surface area contributed by atoms with Crippen LogP contribution in [0.15, 0.2) is 24.3 Å². The molecule has 2 fully saturated rings. The summed E-state index contributed by atoms with van der Waals surface area (Å²) in [5.74, 6) is 0.769. The molecule has 0 bridgehead atoms. The molecule has 2 nitrogen and oxygen atoms in total. The van der Waals surface area contributed by atoms with Gasteiger partial charge in [0, 0.05) is 23.7 Å². The minimum atomic E-state index is 0.682. The molecule has 1 aromatic carbocycles. The van der Waals surface area contributed by atoms with Gasteiger partial charge < -0.3 is 5.32 Å². The zero-order valence-corrected chi connectivity index (χ0v) is 10.2. The zero-order chi connectivity index (χ0) is 11.2. The van der Waals surface area contributed by atoms with Crippen molar-refractivity contribution in [2.24, 2.45) is 0 Å². The number of benzene rings is 1. The Morgan fingerprint density at radius 1 is 1.06 bits per heavy atom. The predicted molar refractivity (Wildman–Crippen MR) is 70.4 cm³/mol. The molecule has 3 aliphatic heterocycles. The van der Waals surface area contributed by atoms with E-state index >= 15 is 0 Å². The van der Waals surface area contributed by atoms with Crippen LogP contribution in [0.4, 0.5) is 5.69 Å². The smallest absolute Gasteiger partial charge is 0.0486 e. The number of hydrogen-bond acceptors (Lipinski definition) is 2. The van der Waals surface area contributed by atoms with Gasteiger partial charge in [-0.3, -0.25) is 4.90 Å². The first kappa shape index (κ1) is 9.95. The predicted octanol–water partition coefficient (Wildman–Crippen LogP) is 2.82. The van der Waals surface area contributed by atoms with Crippen LogP contribution in [0.3, 0.4) is 0 Å². The van der Waals surface area contributed by atoms with Crippen LogP contribution in [-0.4, -0.2) is 30.1 Å². The molecule has 0 amide bonds. The lowest BCUT2D eigenvalue weighted by Crippen LogP contribution is -2.54. The lowest BCUT2D eigenvalue weighted by atomic mass is 9.80. The van der Waals surface area contributed by atoms with Crippen LogP contribution in [0.25, 0.3) is 0 Å². The van der Waals surface area contributed by atoms with E-state index in [1.807, 2.05) is 0 Å². The SMILES string of the molecule is c1ccc2c(c1)NC1C2CCN2CCCC[C@H]12. The van der Waals surface area contributed by atoms with Gasteiger partial charge in [0.2, 0.25) is 0 Å². The molecule has 1 aromatic rings. The van der Waals surface area contributed by atoms with E-state index in [0.717, 1.165) is 12.0 Å². The number of anilines is 1. The fourth-order valence-corrected chi connectivity index (χ4v) is 4.13. The Morgan fingerprint density at radius 3 is 3.00 bits per heavy atom. The summed E-state index contributed by atoms with van der Waals surface area (Å²) >= 11 is 0. The summed E-state index contributed by atoms with van der Waals surface area (Å²) in [5.41, 5.74) is 2.97. The molecule has 2 unspecified atom stereocenters. The van der Waals surface area contributed by atoms with E-state index in [4.69, 9.17) is 0 Å². The fraction of sp³-hybridized carbons (Fsp3) is 0.600. The van der Waals surface area contributed by atoms with Crippen LogP contribution in [0, 0.1) is 0 Å². The van der Waals surface area contributed by atoms with Crippen molar-refractivity contribution in [3.8, 4) is 0 Å². The van der Waals surface area contributed by atoms with E-state index in [1.54, 1.807) is 5.56 Å². The van der Waals surface area contributed by atoms with Gasteiger partial charge in [-0.1, -0.05) is 24.6 Å². The highest BCUT2D eigenvalue weighted by Crippen LogP contribution is 2.44. The van der Waals surface area contributed by atoms with E-state index in [2.05, 4.69) is 34.5 Å². The average molecular weight is 228 g/mol. The van der Waals surface area contributed by atoms with Gasteiger partial charge in [0.25, 0.3) is 0 Å². The van der Waals surface area contributed by atoms with Crippen LogP contribution >= 0.6 is 0 Å². The number of hydrogen-bond donors (Lipinski definition) is 1. The van der Waals surface area contributed by atoms with Crippen LogP contribution < -0.4 is 5.32 Å². The van der Waals surface area contributed by atoms with Gasteiger partial charge in [-0.05, 0) is 44.0 Å². The molecular formula is C15H20N2. The monoisotopic (exact) mass is 228 g/mol. The van der Waals surface area contributed by atoms with Crippen molar-refractivity contribution < 1.29 is 0 Å². The van der Waals surface area contributed by atoms with Crippen molar-refractivity contribution >= 4 is 5.69 Å². The van der Waals surface area contributed by atoms with E-state index in [0.29, 0.717) is 6.04 Å². The van der Waals surface area contributed by atoms with Crippen molar-refractivity contribution in [1.29, 1.82) is 0 Å². The second-order valence-electron chi connectivity index (χ2n) is 5.75. The summed E-state index contributed by atoms with van der Waals surface area (Å²) in [4.78, 5) is 2.73. The number of rotatable bonds is 0. The second-order valence-corrected chi connectivity index (χ2v) is 5.75. The normalized spacial score (nSPS) is 35.6. The van der Waals surface area contributed by atoms with Crippen molar-refractivity contribution in [2.75, 3.05) is 18.4 Å². The molecule has 90 valence electrons. The lowest BCUT2D eigenvalue weighted by molar-refractivity contribution is 0.0895. The summed E-state index contributed by atoms with van der Waals surface area (Å²) in [6.07, 6.45) is 5.55. The molecule has 0 spiro atoms. The van der Waals surface area contributed by atoms with E-state index in [1.165, 1.54) is 44.5 Å². The molecule has 1 N–H and O–H groups in total. The Morgan fingerprint density at radius 2 is 2.00 bits per heavy atom. The summed E-state index contributed by atoms with van der Waals surface area (Å²) in [7, 11) is 0. The van der Waals surface area contributed by atoms with Crippen molar-refractivity contribution in [3.63, 3.8) is 0 Å². The van der Waals surface area contributed by atoms with E-state index in [-0.39, 0.29) is 0 Å². The molecule has 17 heavy (non-hydrogen) atoms. The van der Waals surface area contributed by atoms with Crippen molar-refractivity contribution in [2.45, 2.75) is 43.7 Å². The molecule has 0 radical (unpaired) electrons. The molecule has 2 saturated heterocycles. The number of fused-ring (bicyclic) bond motifs is 5. The number of piperidine rings is 2. The van der Waals surface area contributed by atoms with Crippen LogP contribution in [0.2, 0.25) is 0 Å². The average Bonchev–Trinajstić information content (AvgIpc) is 2.78. The maximum Gasteiger partial charge on any atom is 0.0486 e. The topological polar surface area (TPSA) is 15.3 Å². The Bertz CT molecular complexity index is 429. The minimum absolute atomic E-state index is 0.682. The summed E-state index contributed by atoms with van der Waals surface area (Å²) in [6.45, 7) is 2.63. The van der Waals surface area contributed by atoms with E-state index in [9.17, 15) is 0 Å². The number of para-hydroxylation sites is 1. The Hall–Kier alpha value is -1.02. The van der Waals surface area contributed by atoms with Gasteiger partial charge in [0.15, 0.2) is 0 Å². The summed E-state index contributed by atoms with van der Waals surface area (Å²) < 4.78 is 0. The lowest BCUT2D eigenvalue weighted by Gasteiger charge is -2.45. The number of nitrogens with zero attached hydrogens (tertiary/aromatic N) is 1. The molecule has 2 heteroatoms. The molecule has 0 aliphatic carbocycles. The maximum absolute atomic E-state index is 3.79. The first-order valence-corrected chi connectivity index (χ1v) is 7.03. The molecule has 0 saturated carbocycles. The number of nitrogens with one attached hydrogen (secondary N) is 1. The van der Waals surface area contributed by atoms with Crippen molar-refractivity contribution in [3.05, 3.63) is 29.8 Å². The highest BCUT2D eigenvalue weighted by atomic mass is 15.2. The third kappa shape index (κ3) is 1.43. The Kier molecular flexibility index (Phi) is 2.19. The Balaban J connectivity index is 1.68. The summed E-state index contributed by atoms with van der Waals surface area (Å²) in [6, 6.07) is 10.4. The van der Waals surface area contributed by atoms with Crippen LogP contribution in [0.5, 0.6) is 0 Å². The molecular weight excluding hydrogens is 208 g/mol. The fourth-order valence-electron chi connectivity index (χ4n) is 4.13. The van der Waals surface area contributed by atoms with Gasteiger partial charge in [0.1, 0.15) is 0 Å². The molecule has 3 heterocycles. The van der Waals surface area contributed by atoms with Crippen LogP contribution in [0.1, 0.15) is 37.2 Å². The molecule has 3 aliphatic rings. The van der Waals surface area contributed by atoms with Crippen molar-refractivity contribution in [1.82, 2.24) is 4.90 Å². The molecule has 4 rings (SSSR count). The second kappa shape index (κ2) is 3.74. The first-order chi connectivity index (χ1) is 8.43. The Labute approximate surface area is 103 Å². The maximum atomic E-state index is 3.79. The first-order valence-electron chi connectivity index (χ1n) is 7.03. The third-order valence-electron chi connectivity index (χ3n) is 4.92. The highest BCUT2D eigenvalue weighted by molar-refractivity contribution is 5.60.